The van der Waals surface area contributed by atoms with Crippen molar-refractivity contribution in [2.75, 3.05) is 6.61 Å². The van der Waals surface area contributed by atoms with Crippen molar-refractivity contribution < 1.29 is 30.5 Å². The Bertz CT molecular complexity index is 2560. The predicted octanol–water partition coefficient (Wildman–Crippen LogP) is 12.4. The summed E-state index contributed by atoms with van der Waals surface area (Å²) in [5.41, 5.74) is 15.7. The van der Waals surface area contributed by atoms with E-state index in [1.54, 1.807) is 0 Å². The molecule has 6 heteroatoms. The number of aromatic nitrogens is 2. The quantitative estimate of drug-likeness (QED) is 0.162. The van der Waals surface area contributed by atoms with Gasteiger partial charge in [0.15, 0.2) is 0 Å². The molecule has 0 radical (unpaired) electrons. The fraction of sp³-hybridized carbons (Fsp3) is 0.400. The van der Waals surface area contributed by atoms with Gasteiger partial charge in [0.25, 0.3) is 0 Å². The molecule has 2 aliphatic heterocycles. The molecule has 0 N–H and O–H groups in total. The molecular formula is C50H53N3O2Pt. The van der Waals surface area contributed by atoms with Gasteiger partial charge in [-0.25, -0.2) is 4.98 Å². The molecule has 1 saturated carbocycles. The van der Waals surface area contributed by atoms with E-state index >= 15 is 0 Å². The number of aryl methyl sites for hydroxylation is 5. The van der Waals surface area contributed by atoms with Crippen LogP contribution >= 0.6 is 0 Å². The van der Waals surface area contributed by atoms with Crippen LogP contribution in [0.25, 0.3) is 38.8 Å². The number of nitrogens with zero attached hydrogens (tertiary/aromatic N) is 3. The maximum Gasteiger partial charge on any atom is 2.00 e. The molecule has 56 heavy (non-hydrogen) atoms. The van der Waals surface area contributed by atoms with Crippen molar-refractivity contribution in [3.05, 3.63) is 117 Å². The van der Waals surface area contributed by atoms with Gasteiger partial charge in [0.1, 0.15) is 11.5 Å². The minimum Gasteiger partial charge on any atom is -0.518 e. The maximum atomic E-state index is 6.95. The third-order valence-corrected chi connectivity index (χ3v) is 12.6. The average Bonchev–Trinajstić information content (AvgIpc) is 3.75. The van der Waals surface area contributed by atoms with Gasteiger partial charge < -0.3 is 14.0 Å². The standard InChI is InChI=1S/C50H53N3O2.Pt/c1-28-16-31(4)45(32(5)17-28)34-20-35(48-52-42(27-54-48)33-14-12-11-13-15-33)22-37(21-34)55-44-25-43-40(19-30(44)3)50(9,10)41-24-36(49(6,7)8)23-38-39-18-29(2)26-51-47(39)53(43)46(38)41;/h16-21,23-24,26,33,42H,11-15,27H2,1-10H3;/q-2;+2/t42-;/m0./s1. The summed E-state index contributed by atoms with van der Waals surface area (Å²) in [4.78, 5) is 10.3. The van der Waals surface area contributed by atoms with Gasteiger partial charge >= 0.3 is 21.1 Å². The van der Waals surface area contributed by atoms with Crippen molar-refractivity contribution >= 4 is 27.8 Å². The number of hydrogen-bond acceptors (Lipinski definition) is 4. The minimum absolute atomic E-state index is 0. The van der Waals surface area contributed by atoms with E-state index < -0.39 is 0 Å². The Labute approximate surface area is 347 Å². The number of aliphatic imine (C=N–C) groups is 1. The Balaban J connectivity index is 0.00000441. The Hall–Kier alpha value is -4.21. The Kier molecular flexibility index (Phi) is 9.67. The first-order valence-corrected chi connectivity index (χ1v) is 20.3. The SMILES string of the molecule is Cc1cc(C)c(-c2cc(Oc3[c-]c4c(cc3C)C(C)(C)c3cc(C(C)(C)C)cc5c6cc(C)cnc6n-4c35)[c-]c(C3=N[C@H](C4CCCCC4)CO3)c2)c(C)c1.[Pt+2]. The van der Waals surface area contributed by atoms with Gasteiger partial charge in [-0.05, 0) is 103 Å². The van der Waals surface area contributed by atoms with Crippen molar-refractivity contribution in [3.63, 3.8) is 0 Å². The summed E-state index contributed by atoms with van der Waals surface area (Å²) in [6, 6.07) is 25.8. The second kappa shape index (κ2) is 14.0. The van der Waals surface area contributed by atoms with E-state index in [0.29, 0.717) is 29.9 Å². The molecule has 2 aromatic heterocycles. The number of ether oxygens (including phenoxy) is 2. The van der Waals surface area contributed by atoms with Crippen LogP contribution in [0, 0.1) is 52.7 Å². The van der Waals surface area contributed by atoms with Crippen molar-refractivity contribution in [1.82, 2.24) is 9.55 Å². The summed E-state index contributed by atoms with van der Waals surface area (Å²) in [5, 5.41) is 2.41. The number of benzene rings is 4. The second-order valence-corrected chi connectivity index (χ2v) is 18.3. The van der Waals surface area contributed by atoms with Gasteiger partial charge in [-0.2, -0.15) is 6.07 Å². The monoisotopic (exact) mass is 922 g/mol. The van der Waals surface area contributed by atoms with E-state index in [0.717, 1.165) is 33.6 Å². The van der Waals surface area contributed by atoms with E-state index in [1.807, 2.05) is 6.20 Å². The topological polar surface area (TPSA) is 48.6 Å². The van der Waals surface area contributed by atoms with Crippen LogP contribution in [-0.4, -0.2) is 28.1 Å². The normalized spacial score (nSPS) is 17.8. The molecule has 9 rings (SSSR count). The molecule has 3 aliphatic rings. The number of pyridine rings is 1. The summed E-state index contributed by atoms with van der Waals surface area (Å²) in [5.74, 6) is 2.56. The summed E-state index contributed by atoms with van der Waals surface area (Å²) in [7, 11) is 0. The number of hydrogen-bond donors (Lipinski definition) is 0. The summed E-state index contributed by atoms with van der Waals surface area (Å²) in [6.07, 6.45) is 8.34. The molecule has 5 nitrogen and oxygen atoms in total. The van der Waals surface area contributed by atoms with Crippen LogP contribution in [0.4, 0.5) is 0 Å². The molecule has 0 bridgehead atoms. The van der Waals surface area contributed by atoms with Crippen molar-refractivity contribution in [2.45, 2.75) is 118 Å². The predicted molar refractivity (Wildman–Crippen MR) is 226 cm³/mol. The zero-order chi connectivity index (χ0) is 38.6. The first-order chi connectivity index (χ1) is 26.2. The van der Waals surface area contributed by atoms with Gasteiger partial charge in [0, 0.05) is 28.5 Å². The minimum atomic E-state index is -0.277. The number of fused-ring (bicyclic) bond motifs is 5. The van der Waals surface area contributed by atoms with E-state index in [4.69, 9.17) is 19.5 Å². The van der Waals surface area contributed by atoms with E-state index in [1.165, 1.54) is 87.3 Å². The largest absolute Gasteiger partial charge is 2.00 e. The molecule has 290 valence electrons. The Morgan fingerprint density at radius 2 is 1.54 bits per heavy atom. The summed E-state index contributed by atoms with van der Waals surface area (Å²) < 4.78 is 15.7. The van der Waals surface area contributed by atoms with Crippen LogP contribution in [0.3, 0.4) is 0 Å². The summed E-state index contributed by atoms with van der Waals surface area (Å²) in [6.45, 7) is 23.0. The Morgan fingerprint density at radius 1 is 0.804 bits per heavy atom. The molecule has 4 aromatic carbocycles. The van der Waals surface area contributed by atoms with Crippen molar-refractivity contribution in [2.24, 2.45) is 10.9 Å². The fourth-order valence-corrected chi connectivity index (χ4v) is 9.68. The van der Waals surface area contributed by atoms with Gasteiger partial charge in [0.2, 0.25) is 0 Å². The van der Waals surface area contributed by atoms with Crippen molar-refractivity contribution in [3.8, 4) is 28.3 Å². The molecule has 6 aromatic rings. The van der Waals surface area contributed by atoms with E-state index in [2.05, 4.69) is 134 Å². The molecule has 0 spiro atoms. The number of rotatable bonds is 5. The van der Waals surface area contributed by atoms with Crippen molar-refractivity contribution in [1.29, 1.82) is 0 Å². The third-order valence-electron chi connectivity index (χ3n) is 12.6. The molecular weight excluding hydrogens is 870 g/mol. The zero-order valence-electron chi connectivity index (χ0n) is 34.6. The molecule has 1 atom stereocenters. The van der Waals surface area contributed by atoms with Crippen LogP contribution in [-0.2, 0) is 36.6 Å². The van der Waals surface area contributed by atoms with Gasteiger partial charge in [-0.1, -0.05) is 114 Å². The average molecular weight is 923 g/mol. The maximum absolute atomic E-state index is 6.95. The molecule has 4 heterocycles. The van der Waals surface area contributed by atoms with Gasteiger partial charge in [-0.3, -0.25) is 4.99 Å². The van der Waals surface area contributed by atoms with Crippen LogP contribution in [0.5, 0.6) is 11.5 Å². The van der Waals surface area contributed by atoms with Crippen LogP contribution in [0.2, 0.25) is 0 Å². The molecule has 0 amide bonds. The van der Waals surface area contributed by atoms with Crippen LogP contribution < -0.4 is 4.74 Å². The molecule has 1 fully saturated rings. The van der Waals surface area contributed by atoms with Crippen LogP contribution in [0.1, 0.15) is 117 Å². The first kappa shape index (κ1) is 38.7. The van der Waals surface area contributed by atoms with E-state index in [-0.39, 0.29) is 37.9 Å². The fourth-order valence-electron chi connectivity index (χ4n) is 9.68. The molecule has 0 unspecified atom stereocenters. The summed E-state index contributed by atoms with van der Waals surface area (Å²) >= 11 is 0. The van der Waals surface area contributed by atoms with Gasteiger partial charge in [-0.15, -0.1) is 23.3 Å². The van der Waals surface area contributed by atoms with Crippen LogP contribution in [0.15, 0.2) is 59.7 Å². The smallest absolute Gasteiger partial charge is 0.518 e. The second-order valence-electron chi connectivity index (χ2n) is 18.3. The zero-order valence-corrected chi connectivity index (χ0v) is 36.8. The first-order valence-electron chi connectivity index (χ1n) is 20.3. The van der Waals surface area contributed by atoms with Gasteiger partial charge in [0.05, 0.1) is 18.2 Å². The van der Waals surface area contributed by atoms with E-state index in [9.17, 15) is 0 Å². The third kappa shape index (κ3) is 6.43. The Morgan fingerprint density at radius 3 is 2.25 bits per heavy atom. The molecule has 1 aliphatic carbocycles. The molecule has 0 saturated heterocycles.